The summed E-state index contributed by atoms with van der Waals surface area (Å²) in [6.45, 7) is 2.27. The number of hydrogen-bond acceptors (Lipinski definition) is 6. The van der Waals surface area contributed by atoms with Gasteiger partial charge in [0.15, 0.2) is 11.5 Å². The highest BCUT2D eigenvalue weighted by Gasteiger charge is 2.18. The van der Waals surface area contributed by atoms with Gasteiger partial charge in [-0.25, -0.2) is 4.98 Å². The lowest BCUT2D eigenvalue weighted by molar-refractivity contribution is 0.0950. The summed E-state index contributed by atoms with van der Waals surface area (Å²) in [4.78, 5) is 18.3. The molecule has 3 aromatic rings. The lowest BCUT2D eigenvalue weighted by Crippen LogP contribution is -2.22. The first-order valence-electron chi connectivity index (χ1n) is 8.77. The molecule has 8 heteroatoms. The van der Waals surface area contributed by atoms with Crippen molar-refractivity contribution < 1.29 is 19.0 Å². The van der Waals surface area contributed by atoms with Crippen molar-refractivity contribution in [2.45, 2.75) is 13.5 Å². The summed E-state index contributed by atoms with van der Waals surface area (Å²) in [7, 11) is 4.54. The molecule has 3 rings (SSSR count). The summed E-state index contributed by atoms with van der Waals surface area (Å²) in [5.74, 6) is 1.03. The zero-order chi connectivity index (χ0) is 21.0. The molecule has 6 nitrogen and oxygen atoms in total. The minimum absolute atomic E-state index is 0.253. The Morgan fingerprint density at radius 1 is 1.10 bits per heavy atom. The predicted molar refractivity (Wildman–Crippen MR) is 115 cm³/mol. The van der Waals surface area contributed by atoms with Gasteiger partial charge in [0, 0.05) is 16.0 Å². The first-order valence-corrected chi connectivity index (χ1v) is 9.97. The molecule has 152 valence electrons. The number of thiazole rings is 1. The molecule has 1 amide bonds. The van der Waals surface area contributed by atoms with E-state index in [1.165, 1.54) is 32.7 Å². The number of rotatable bonds is 7. The summed E-state index contributed by atoms with van der Waals surface area (Å²) >= 11 is 7.78. The third kappa shape index (κ3) is 4.46. The van der Waals surface area contributed by atoms with Gasteiger partial charge in [-0.1, -0.05) is 29.8 Å². The minimum Gasteiger partial charge on any atom is -0.493 e. The number of carbonyl (C=O) groups excluding carboxylic acids is 1. The smallest absolute Gasteiger partial charge is 0.251 e. The Kier molecular flexibility index (Phi) is 6.61. The van der Waals surface area contributed by atoms with Crippen molar-refractivity contribution in [3.63, 3.8) is 0 Å². The summed E-state index contributed by atoms with van der Waals surface area (Å²) < 4.78 is 15.9. The summed E-state index contributed by atoms with van der Waals surface area (Å²) in [5, 5.41) is 4.39. The third-order valence-electron chi connectivity index (χ3n) is 4.33. The van der Waals surface area contributed by atoms with Crippen LogP contribution in [0.3, 0.4) is 0 Å². The van der Waals surface area contributed by atoms with E-state index in [0.717, 1.165) is 21.1 Å². The molecule has 0 aliphatic heterocycles. The van der Waals surface area contributed by atoms with E-state index in [9.17, 15) is 4.79 Å². The van der Waals surface area contributed by atoms with Crippen LogP contribution in [0, 0.1) is 6.92 Å². The number of halogens is 1. The highest BCUT2D eigenvalue weighted by molar-refractivity contribution is 7.15. The number of aromatic nitrogens is 1. The van der Waals surface area contributed by atoms with Gasteiger partial charge in [0.2, 0.25) is 5.75 Å². The van der Waals surface area contributed by atoms with E-state index in [1.54, 1.807) is 12.1 Å². The molecule has 0 aliphatic rings. The molecule has 0 spiro atoms. The average Bonchev–Trinajstić information content (AvgIpc) is 3.11. The molecule has 0 saturated carbocycles. The van der Waals surface area contributed by atoms with Crippen molar-refractivity contribution >= 4 is 28.8 Å². The van der Waals surface area contributed by atoms with Crippen LogP contribution in [0.4, 0.5) is 0 Å². The Balaban J connectivity index is 1.79. The fourth-order valence-electron chi connectivity index (χ4n) is 2.82. The van der Waals surface area contributed by atoms with Crippen LogP contribution in [-0.2, 0) is 6.54 Å². The van der Waals surface area contributed by atoms with Crippen molar-refractivity contribution in [3.05, 3.63) is 57.6 Å². The zero-order valence-corrected chi connectivity index (χ0v) is 18.1. The quantitative estimate of drug-likeness (QED) is 0.584. The van der Waals surface area contributed by atoms with Gasteiger partial charge in [0.1, 0.15) is 5.01 Å². The fourth-order valence-corrected chi connectivity index (χ4v) is 4.14. The third-order valence-corrected chi connectivity index (χ3v) is 5.85. The zero-order valence-electron chi connectivity index (χ0n) is 16.5. The molecule has 0 aliphatic carbocycles. The molecule has 0 bridgehead atoms. The van der Waals surface area contributed by atoms with Crippen LogP contribution in [0.2, 0.25) is 5.02 Å². The Bertz CT molecular complexity index is 1010. The highest BCUT2D eigenvalue weighted by Crippen LogP contribution is 2.38. The summed E-state index contributed by atoms with van der Waals surface area (Å²) in [5.41, 5.74) is 2.15. The van der Waals surface area contributed by atoms with Crippen molar-refractivity contribution in [1.29, 1.82) is 0 Å². The van der Waals surface area contributed by atoms with E-state index in [2.05, 4.69) is 10.3 Å². The lowest BCUT2D eigenvalue weighted by Gasteiger charge is -2.14. The second-order valence-corrected chi connectivity index (χ2v) is 7.59. The van der Waals surface area contributed by atoms with Gasteiger partial charge in [-0.3, -0.25) is 4.79 Å². The van der Waals surface area contributed by atoms with Crippen LogP contribution < -0.4 is 19.5 Å². The number of nitrogens with one attached hydrogen (secondary N) is 1. The van der Waals surface area contributed by atoms with E-state index in [4.69, 9.17) is 25.8 Å². The Morgan fingerprint density at radius 2 is 1.76 bits per heavy atom. The summed E-state index contributed by atoms with van der Waals surface area (Å²) in [6, 6.07) is 10.8. The largest absolute Gasteiger partial charge is 0.493 e. The molecule has 0 atom stereocenters. The number of hydrogen-bond donors (Lipinski definition) is 1. The SMILES string of the molecule is COc1cc(C(=O)NCc2sc(-c3ccccc3Cl)nc2C)cc(OC)c1OC. The molecule has 1 heterocycles. The van der Waals surface area contributed by atoms with Gasteiger partial charge < -0.3 is 19.5 Å². The molecule has 0 fully saturated rings. The van der Waals surface area contributed by atoms with Gasteiger partial charge in [0.25, 0.3) is 5.91 Å². The van der Waals surface area contributed by atoms with Crippen LogP contribution in [-0.4, -0.2) is 32.2 Å². The summed E-state index contributed by atoms with van der Waals surface area (Å²) in [6.07, 6.45) is 0. The Labute approximate surface area is 178 Å². The van der Waals surface area contributed by atoms with E-state index >= 15 is 0 Å². The van der Waals surface area contributed by atoms with Crippen LogP contribution >= 0.6 is 22.9 Å². The van der Waals surface area contributed by atoms with E-state index in [-0.39, 0.29) is 5.91 Å². The molecule has 1 N–H and O–H groups in total. The van der Waals surface area contributed by atoms with E-state index < -0.39 is 0 Å². The predicted octanol–water partition coefficient (Wildman–Crippen LogP) is 4.73. The number of benzene rings is 2. The van der Waals surface area contributed by atoms with Gasteiger partial charge in [0.05, 0.1) is 38.6 Å². The number of methoxy groups -OCH3 is 3. The average molecular weight is 433 g/mol. The lowest BCUT2D eigenvalue weighted by atomic mass is 10.1. The van der Waals surface area contributed by atoms with Crippen molar-refractivity contribution in [2.75, 3.05) is 21.3 Å². The Hall–Kier alpha value is -2.77. The van der Waals surface area contributed by atoms with E-state index in [0.29, 0.717) is 34.4 Å². The van der Waals surface area contributed by atoms with Crippen molar-refractivity contribution in [1.82, 2.24) is 10.3 Å². The van der Waals surface area contributed by atoms with Gasteiger partial charge in [-0.2, -0.15) is 0 Å². The second kappa shape index (κ2) is 9.15. The molecule has 0 unspecified atom stereocenters. The second-order valence-electron chi connectivity index (χ2n) is 6.10. The van der Waals surface area contributed by atoms with E-state index in [1.807, 2.05) is 31.2 Å². The first-order chi connectivity index (χ1) is 14.0. The van der Waals surface area contributed by atoms with Gasteiger partial charge in [-0.15, -0.1) is 11.3 Å². The number of aryl methyl sites for hydroxylation is 1. The van der Waals surface area contributed by atoms with Gasteiger partial charge in [-0.05, 0) is 25.1 Å². The molecular weight excluding hydrogens is 412 g/mol. The minimum atomic E-state index is -0.253. The molecule has 1 aromatic heterocycles. The first kappa shape index (κ1) is 21.0. The number of nitrogens with zero attached hydrogens (tertiary/aromatic N) is 1. The molecule has 2 aromatic carbocycles. The van der Waals surface area contributed by atoms with Gasteiger partial charge >= 0.3 is 0 Å². The molecule has 29 heavy (non-hydrogen) atoms. The molecule has 0 saturated heterocycles. The van der Waals surface area contributed by atoms with Crippen LogP contribution in [0.5, 0.6) is 17.2 Å². The maximum Gasteiger partial charge on any atom is 0.251 e. The van der Waals surface area contributed by atoms with Crippen LogP contribution in [0.15, 0.2) is 36.4 Å². The number of ether oxygens (including phenoxy) is 3. The standard InChI is InChI=1S/C21H21ClN2O4S/c1-12-18(29-21(24-12)14-7-5-6-8-15(14)22)11-23-20(25)13-9-16(26-2)19(28-4)17(10-13)27-3/h5-10H,11H2,1-4H3,(H,23,25). The maximum atomic E-state index is 12.7. The topological polar surface area (TPSA) is 69.7 Å². The number of carbonyl (C=O) groups is 1. The van der Waals surface area contributed by atoms with Crippen LogP contribution in [0.25, 0.3) is 10.6 Å². The number of amides is 1. The maximum absolute atomic E-state index is 12.7. The molecule has 0 radical (unpaired) electrons. The highest BCUT2D eigenvalue weighted by atomic mass is 35.5. The normalized spacial score (nSPS) is 10.5. The monoisotopic (exact) mass is 432 g/mol. The van der Waals surface area contributed by atoms with Crippen LogP contribution in [0.1, 0.15) is 20.9 Å². The molecular formula is C21H21ClN2O4S. The Morgan fingerprint density at radius 3 is 2.34 bits per heavy atom. The van der Waals surface area contributed by atoms with Crippen molar-refractivity contribution in [3.8, 4) is 27.8 Å². The fraction of sp³-hybridized carbons (Fsp3) is 0.238. The van der Waals surface area contributed by atoms with Crippen molar-refractivity contribution in [2.24, 2.45) is 0 Å².